The van der Waals surface area contributed by atoms with Crippen molar-refractivity contribution in [1.29, 1.82) is 0 Å². The number of nitrogens with zero attached hydrogens (tertiary/aromatic N) is 3. The quantitative estimate of drug-likeness (QED) is 0.708. The van der Waals surface area contributed by atoms with E-state index in [1.54, 1.807) is 30.6 Å². The van der Waals surface area contributed by atoms with Crippen LogP contribution >= 0.6 is 0 Å². The summed E-state index contributed by atoms with van der Waals surface area (Å²) in [6.07, 6.45) is 3.29. The first kappa shape index (κ1) is 11.1. The maximum atomic E-state index is 11.0. The van der Waals surface area contributed by atoms with Gasteiger partial charge in [0.25, 0.3) is 5.56 Å². The number of rotatable bonds is 2. The molecule has 19 heavy (non-hydrogen) atoms. The van der Waals surface area contributed by atoms with E-state index in [9.17, 15) is 4.79 Å². The molecule has 0 saturated carbocycles. The molecule has 3 aromatic heterocycles. The minimum atomic E-state index is -0.286. The summed E-state index contributed by atoms with van der Waals surface area (Å²) in [5, 5.41) is 10.1. The van der Waals surface area contributed by atoms with Gasteiger partial charge in [0.1, 0.15) is 11.4 Å². The van der Waals surface area contributed by atoms with Gasteiger partial charge in [0.2, 0.25) is 5.88 Å². The molecule has 0 saturated heterocycles. The molecule has 0 aromatic carbocycles. The van der Waals surface area contributed by atoms with E-state index in [4.69, 9.17) is 10.3 Å². The predicted molar refractivity (Wildman–Crippen MR) is 68.0 cm³/mol. The lowest BCUT2D eigenvalue weighted by Gasteiger charge is -2.00. The smallest absolute Gasteiger partial charge is 0.264 e. The van der Waals surface area contributed by atoms with Crippen LogP contribution < -0.4 is 11.3 Å². The second-order valence-corrected chi connectivity index (χ2v) is 3.81. The molecular formula is C12H9N5O2. The Balaban J connectivity index is 2.19. The lowest BCUT2D eigenvalue weighted by atomic mass is 10.1. The first-order valence-electron chi connectivity index (χ1n) is 5.47. The summed E-state index contributed by atoms with van der Waals surface area (Å²) in [6, 6.07) is 6.50. The van der Waals surface area contributed by atoms with Gasteiger partial charge in [0.05, 0.1) is 5.56 Å². The summed E-state index contributed by atoms with van der Waals surface area (Å²) >= 11 is 0. The summed E-state index contributed by atoms with van der Waals surface area (Å²) in [5.41, 5.74) is 7.90. The maximum absolute atomic E-state index is 11.0. The molecule has 0 fully saturated rings. The van der Waals surface area contributed by atoms with E-state index < -0.39 is 0 Å². The van der Waals surface area contributed by atoms with Crippen LogP contribution in [0.1, 0.15) is 0 Å². The van der Waals surface area contributed by atoms with E-state index >= 15 is 0 Å². The third-order valence-corrected chi connectivity index (χ3v) is 2.61. The van der Waals surface area contributed by atoms with Crippen molar-refractivity contribution in [2.75, 3.05) is 5.73 Å². The lowest BCUT2D eigenvalue weighted by Crippen LogP contribution is -2.05. The molecule has 7 heteroatoms. The van der Waals surface area contributed by atoms with Crippen LogP contribution in [0.25, 0.3) is 22.5 Å². The number of anilines is 1. The van der Waals surface area contributed by atoms with E-state index in [1.165, 1.54) is 6.07 Å². The molecule has 7 nitrogen and oxygen atoms in total. The molecule has 0 bridgehead atoms. The second-order valence-electron chi connectivity index (χ2n) is 3.81. The number of pyridine rings is 1. The predicted octanol–water partition coefficient (Wildman–Crippen LogP) is 1.07. The zero-order valence-electron chi connectivity index (χ0n) is 9.70. The van der Waals surface area contributed by atoms with Crippen molar-refractivity contribution in [1.82, 2.24) is 20.3 Å². The summed E-state index contributed by atoms with van der Waals surface area (Å²) in [4.78, 5) is 15.0. The fraction of sp³-hybridized carbons (Fsp3) is 0. The van der Waals surface area contributed by atoms with Crippen molar-refractivity contribution >= 4 is 5.88 Å². The van der Waals surface area contributed by atoms with E-state index in [1.807, 2.05) is 0 Å². The molecule has 3 N–H and O–H groups in total. The van der Waals surface area contributed by atoms with Crippen molar-refractivity contribution < 1.29 is 4.52 Å². The zero-order valence-corrected chi connectivity index (χ0v) is 9.70. The highest BCUT2D eigenvalue weighted by Crippen LogP contribution is 2.34. The van der Waals surface area contributed by atoms with Gasteiger partial charge < -0.3 is 10.3 Å². The number of hydrogen-bond acceptors (Lipinski definition) is 6. The SMILES string of the molecule is Nc1onc(-c2ccc(=O)[nH]n2)c1-c1ccncc1. The van der Waals surface area contributed by atoms with Crippen LogP contribution in [0.2, 0.25) is 0 Å². The number of aromatic nitrogens is 4. The molecule has 0 aliphatic heterocycles. The standard InChI is InChI=1S/C12H9N5O2/c13-12-10(7-3-5-14-6-4-7)11(17-19-12)8-1-2-9(18)16-15-8/h1-6H,13H2,(H,16,18). The van der Waals surface area contributed by atoms with Crippen molar-refractivity contribution in [3.63, 3.8) is 0 Å². The normalized spacial score (nSPS) is 10.5. The Morgan fingerprint density at radius 3 is 2.63 bits per heavy atom. The highest BCUT2D eigenvalue weighted by molar-refractivity contribution is 5.85. The van der Waals surface area contributed by atoms with Crippen LogP contribution in [0.15, 0.2) is 46.0 Å². The van der Waals surface area contributed by atoms with Crippen molar-refractivity contribution in [2.24, 2.45) is 0 Å². The van der Waals surface area contributed by atoms with Crippen molar-refractivity contribution in [3.05, 3.63) is 47.0 Å². The van der Waals surface area contributed by atoms with Gasteiger partial charge in [-0.15, -0.1) is 0 Å². The van der Waals surface area contributed by atoms with Crippen molar-refractivity contribution in [2.45, 2.75) is 0 Å². The molecule has 0 spiro atoms. The Hall–Kier alpha value is -2.96. The van der Waals surface area contributed by atoms with Crippen LogP contribution in [0.3, 0.4) is 0 Å². The molecule has 0 aliphatic carbocycles. The van der Waals surface area contributed by atoms with E-state index in [2.05, 4.69) is 20.3 Å². The molecule has 3 rings (SSSR count). The Morgan fingerprint density at radius 2 is 1.95 bits per heavy atom. The monoisotopic (exact) mass is 255 g/mol. The number of nitrogens with one attached hydrogen (secondary N) is 1. The Morgan fingerprint density at radius 1 is 1.16 bits per heavy atom. The van der Waals surface area contributed by atoms with Gasteiger partial charge >= 0.3 is 0 Å². The Bertz CT molecular complexity index is 743. The average molecular weight is 255 g/mol. The number of nitrogens with two attached hydrogens (primary N) is 1. The van der Waals surface area contributed by atoms with Gasteiger partial charge in [-0.2, -0.15) is 5.10 Å². The molecular weight excluding hydrogens is 246 g/mol. The first-order chi connectivity index (χ1) is 9.25. The van der Waals surface area contributed by atoms with Crippen LogP contribution in [-0.2, 0) is 0 Å². The average Bonchev–Trinajstić information content (AvgIpc) is 2.82. The maximum Gasteiger partial charge on any atom is 0.264 e. The molecule has 0 amide bonds. The second kappa shape index (κ2) is 4.37. The molecule has 0 radical (unpaired) electrons. The molecule has 0 unspecified atom stereocenters. The number of aromatic amines is 1. The van der Waals surface area contributed by atoms with E-state index in [-0.39, 0.29) is 11.4 Å². The highest BCUT2D eigenvalue weighted by Gasteiger charge is 2.18. The summed E-state index contributed by atoms with van der Waals surface area (Å²) in [7, 11) is 0. The van der Waals surface area contributed by atoms with Crippen LogP contribution in [0.4, 0.5) is 5.88 Å². The van der Waals surface area contributed by atoms with Crippen LogP contribution in [-0.4, -0.2) is 20.3 Å². The van der Waals surface area contributed by atoms with E-state index in [0.29, 0.717) is 17.0 Å². The fourth-order valence-electron chi connectivity index (χ4n) is 1.75. The summed E-state index contributed by atoms with van der Waals surface area (Å²) < 4.78 is 5.01. The summed E-state index contributed by atoms with van der Waals surface area (Å²) in [6.45, 7) is 0. The molecule has 3 aromatic rings. The van der Waals surface area contributed by atoms with E-state index in [0.717, 1.165) is 5.56 Å². The number of H-pyrrole nitrogens is 1. The third kappa shape index (κ3) is 1.97. The van der Waals surface area contributed by atoms with Gasteiger partial charge in [-0.25, -0.2) is 5.10 Å². The van der Waals surface area contributed by atoms with Gasteiger partial charge in [0.15, 0.2) is 0 Å². The van der Waals surface area contributed by atoms with Crippen LogP contribution in [0.5, 0.6) is 0 Å². The Kier molecular flexibility index (Phi) is 2.57. The minimum Gasteiger partial charge on any atom is -0.367 e. The topological polar surface area (TPSA) is 111 Å². The molecule has 0 aliphatic rings. The third-order valence-electron chi connectivity index (χ3n) is 2.61. The van der Waals surface area contributed by atoms with Crippen LogP contribution in [0, 0.1) is 0 Å². The highest BCUT2D eigenvalue weighted by atomic mass is 16.5. The van der Waals surface area contributed by atoms with Gasteiger partial charge in [-0.05, 0) is 23.8 Å². The number of nitrogen functional groups attached to an aromatic ring is 1. The Labute approximate surface area is 107 Å². The largest absolute Gasteiger partial charge is 0.367 e. The molecule has 3 heterocycles. The lowest BCUT2D eigenvalue weighted by molar-refractivity contribution is 0.439. The minimum absolute atomic E-state index is 0.189. The first-order valence-corrected chi connectivity index (χ1v) is 5.47. The fourth-order valence-corrected chi connectivity index (χ4v) is 1.75. The molecule has 94 valence electrons. The number of hydrogen-bond donors (Lipinski definition) is 2. The van der Waals surface area contributed by atoms with Gasteiger partial charge in [-0.3, -0.25) is 9.78 Å². The van der Waals surface area contributed by atoms with Gasteiger partial charge in [-0.1, -0.05) is 5.16 Å². The zero-order chi connectivity index (χ0) is 13.2. The summed E-state index contributed by atoms with van der Waals surface area (Å²) in [5.74, 6) is 0.189. The molecule has 0 atom stereocenters. The van der Waals surface area contributed by atoms with Crippen molar-refractivity contribution in [3.8, 4) is 22.5 Å². The van der Waals surface area contributed by atoms with Gasteiger partial charge in [0, 0.05) is 18.5 Å².